The number of hydrogen-bond donors (Lipinski definition) is 0. The zero-order chi connectivity index (χ0) is 13.1. The van der Waals surface area contributed by atoms with E-state index in [0.29, 0.717) is 16.1 Å². The Balaban J connectivity index is 2.39. The molecular formula is C13H8BrClF2O. The molecular weight excluding hydrogens is 325 g/mol. The summed E-state index contributed by atoms with van der Waals surface area (Å²) in [6.07, 6.45) is 0. The van der Waals surface area contributed by atoms with Crippen LogP contribution in [0.3, 0.4) is 0 Å². The standard InChI is InChI=1S/C13H8BrClF2O/c14-7-8-4-5-9(15)6-12(8)18-11-3-1-2-10(16)13(11)17/h1-6H,7H2. The van der Waals surface area contributed by atoms with Gasteiger partial charge in [-0.05, 0) is 24.3 Å². The van der Waals surface area contributed by atoms with E-state index in [-0.39, 0.29) is 5.75 Å². The van der Waals surface area contributed by atoms with E-state index in [1.54, 1.807) is 18.2 Å². The fourth-order valence-corrected chi connectivity index (χ4v) is 2.04. The van der Waals surface area contributed by atoms with E-state index in [1.165, 1.54) is 12.1 Å². The average molecular weight is 334 g/mol. The minimum Gasteiger partial charge on any atom is -0.454 e. The van der Waals surface area contributed by atoms with Crippen molar-refractivity contribution in [2.75, 3.05) is 0 Å². The van der Waals surface area contributed by atoms with Gasteiger partial charge in [-0.15, -0.1) is 0 Å². The van der Waals surface area contributed by atoms with Crippen LogP contribution in [0.25, 0.3) is 0 Å². The molecule has 0 amide bonds. The quantitative estimate of drug-likeness (QED) is 0.692. The summed E-state index contributed by atoms with van der Waals surface area (Å²) in [5.74, 6) is -1.74. The van der Waals surface area contributed by atoms with Crippen molar-refractivity contribution in [2.24, 2.45) is 0 Å². The zero-order valence-electron chi connectivity index (χ0n) is 9.09. The first-order chi connectivity index (χ1) is 8.61. The Morgan fingerprint density at radius 2 is 1.89 bits per heavy atom. The first kappa shape index (κ1) is 13.3. The number of halogens is 4. The molecule has 0 spiro atoms. The van der Waals surface area contributed by atoms with Crippen LogP contribution >= 0.6 is 27.5 Å². The van der Waals surface area contributed by atoms with Crippen molar-refractivity contribution >= 4 is 27.5 Å². The average Bonchev–Trinajstić information content (AvgIpc) is 2.35. The van der Waals surface area contributed by atoms with Gasteiger partial charge in [-0.25, -0.2) is 4.39 Å². The highest BCUT2D eigenvalue weighted by atomic mass is 79.9. The lowest BCUT2D eigenvalue weighted by atomic mass is 10.2. The van der Waals surface area contributed by atoms with Crippen molar-refractivity contribution in [1.29, 1.82) is 0 Å². The topological polar surface area (TPSA) is 9.23 Å². The molecule has 0 radical (unpaired) electrons. The highest BCUT2D eigenvalue weighted by molar-refractivity contribution is 9.08. The minimum atomic E-state index is -1.02. The van der Waals surface area contributed by atoms with Gasteiger partial charge in [0.25, 0.3) is 0 Å². The second-order valence-electron chi connectivity index (χ2n) is 3.54. The number of rotatable bonds is 3. The van der Waals surface area contributed by atoms with Crippen molar-refractivity contribution in [2.45, 2.75) is 5.33 Å². The van der Waals surface area contributed by atoms with E-state index in [9.17, 15) is 8.78 Å². The molecule has 1 nitrogen and oxygen atoms in total. The first-order valence-electron chi connectivity index (χ1n) is 5.08. The normalized spacial score (nSPS) is 10.4. The smallest absolute Gasteiger partial charge is 0.201 e. The Bertz CT molecular complexity index is 575. The molecule has 0 saturated carbocycles. The number of benzene rings is 2. The van der Waals surface area contributed by atoms with Gasteiger partial charge in [0.05, 0.1) is 0 Å². The third kappa shape index (κ3) is 2.82. The predicted molar refractivity (Wildman–Crippen MR) is 70.5 cm³/mol. The van der Waals surface area contributed by atoms with Gasteiger partial charge in [-0.1, -0.05) is 39.7 Å². The van der Waals surface area contributed by atoms with Crippen LogP contribution in [-0.4, -0.2) is 0 Å². The molecule has 0 atom stereocenters. The number of alkyl halides is 1. The Morgan fingerprint density at radius 1 is 1.11 bits per heavy atom. The maximum absolute atomic E-state index is 13.5. The molecule has 2 aromatic rings. The zero-order valence-corrected chi connectivity index (χ0v) is 11.4. The molecule has 0 aliphatic heterocycles. The van der Waals surface area contributed by atoms with Crippen LogP contribution in [0.4, 0.5) is 8.78 Å². The summed E-state index contributed by atoms with van der Waals surface area (Å²) in [7, 11) is 0. The van der Waals surface area contributed by atoms with Gasteiger partial charge in [0.2, 0.25) is 5.82 Å². The Kier molecular flexibility index (Phi) is 4.19. The Labute approximate surface area is 116 Å². The van der Waals surface area contributed by atoms with Crippen LogP contribution in [0.5, 0.6) is 11.5 Å². The fourth-order valence-electron chi connectivity index (χ4n) is 1.42. The lowest BCUT2D eigenvalue weighted by Gasteiger charge is -2.10. The molecule has 0 aliphatic rings. The summed E-state index contributed by atoms with van der Waals surface area (Å²) >= 11 is 9.14. The highest BCUT2D eigenvalue weighted by Gasteiger charge is 2.12. The van der Waals surface area contributed by atoms with E-state index < -0.39 is 11.6 Å². The molecule has 0 bridgehead atoms. The van der Waals surface area contributed by atoms with Crippen molar-refractivity contribution in [3.05, 3.63) is 58.6 Å². The summed E-state index contributed by atoms with van der Waals surface area (Å²) in [5.41, 5.74) is 0.795. The van der Waals surface area contributed by atoms with Crippen LogP contribution in [0.1, 0.15) is 5.56 Å². The monoisotopic (exact) mass is 332 g/mol. The van der Waals surface area contributed by atoms with E-state index in [0.717, 1.165) is 11.6 Å². The molecule has 0 heterocycles. The van der Waals surface area contributed by atoms with E-state index in [2.05, 4.69) is 15.9 Å². The number of hydrogen-bond acceptors (Lipinski definition) is 1. The molecule has 0 N–H and O–H groups in total. The summed E-state index contributed by atoms with van der Waals surface area (Å²) in [4.78, 5) is 0. The van der Waals surface area contributed by atoms with Gasteiger partial charge in [-0.2, -0.15) is 4.39 Å². The second kappa shape index (κ2) is 5.67. The summed E-state index contributed by atoms with van der Waals surface area (Å²) in [6, 6.07) is 8.79. The van der Waals surface area contributed by atoms with Crippen molar-refractivity contribution < 1.29 is 13.5 Å². The maximum Gasteiger partial charge on any atom is 0.201 e. The largest absolute Gasteiger partial charge is 0.454 e. The van der Waals surface area contributed by atoms with Crippen LogP contribution in [0.2, 0.25) is 5.02 Å². The summed E-state index contributed by atoms with van der Waals surface area (Å²) in [6.45, 7) is 0. The Morgan fingerprint density at radius 3 is 2.61 bits per heavy atom. The molecule has 0 saturated heterocycles. The van der Waals surface area contributed by atoms with Gasteiger partial charge < -0.3 is 4.74 Å². The van der Waals surface area contributed by atoms with E-state index in [1.807, 2.05) is 0 Å². The van der Waals surface area contributed by atoms with Gasteiger partial charge in [-0.3, -0.25) is 0 Å². The highest BCUT2D eigenvalue weighted by Crippen LogP contribution is 2.31. The van der Waals surface area contributed by atoms with Gasteiger partial charge >= 0.3 is 0 Å². The van der Waals surface area contributed by atoms with Crippen molar-refractivity contribution in [1.82, 2.24) is 0 Å². The lowest BCUT2D eigenvalue weighted by molar-refractivity contribution is 0.414. The first-order valence-corrected chi connectivity index (χ1v) is 6.58. The van der Waals surface area contributed by atoms with Gasteiger partial charge in [0, 0.05) is 15.9 Å². The summed E-state index contributed by atoms with van der Waals surface area (Å²) in [5, 5.41) is 0.989. The summed E-state index contributed by atoms with van der Waals surface area (Å²) < 4.78 is 31.9. The maximum atomic E-state index is 13.5. The van der Waals surface area contributed by atoms with Crippen LogP contribution in [0, 0.1) is 11.6 Å². The van der Waals surface area contributed by atoms with Crippen molar-refractivity contribution in [3.63, 3.8) is 0 Å². The van der Waals surface area contributed by atoms with E-state index >= 15 is 0 Å². The molecule has 94 valence electrons. The molecule has 2 aromatic carbocycles. The van der Waals surface area contributed by atoms with Crippen molar-refractivity contribution in [3.8, 4) is 11.5 Å². The van der Waals surface area contributed by atoms with Crippen LogP contribution in [-0.2, 0) is 5.33 Å². The molecule has 0 aromatic heterocycles. The lowest BCUT2D eigenvalue weighted by Crippen LogP contribution is -1.94. The van der Waals surface area contributed by atoms with Crippen LogP contribution < -0.4 is 4.74 Å². The Hall–Kier alpha value is -1.13. The molecule has 0 unspecified atom stereocenters. The minimum absolute atomic E-state index is 0.167. The molecule has 2 rings (SSSR count). The predicted octanol–water partition coefficient (Wildman–Crippen LogP) is 5.31. The number of ether oxygens (including phenoxy) is 1. The third-order valence-electron chi connectivity index (χ3n) is 2.31. The third-order valence-corrected chi connectivity index (χ3v) is 3.15. The van der Waals surface area contributed by atoms with Gasteiger partial charge in [0.15, 0.2) is 11.6 Å². The van der Waals surface area contributed by atoms with E-state index in [4.69, 9.17) is 16.3 Å². The molecule has 5 heteroatoms. The SMILES string of the molecule is Fc1cccc(Oc2cc(Cl)ccc2CBr)c1F. The molecule has 0 fully saturated rings. The van der Waals surface area contributed by atoms with Gasteiger partial charge in [0.1, 0.15) is 5.75 Å². The van der Waals surface area contributed by atoms with Crippen LogP contribution in [0.15, 0.2) is 36.4 Å². The second-order valence-corrected chi connectivity index (χ2v) is 4.54. The fraction of sp³-hybridized carbons (Fsp3) is 0.0769. The molecule has 18 heavy (non-hydrogen) atoms. The molecule has 0 aliphatic carbocycles.